The molecule has 244 valence electrons. The van der Waals surface area contributed by atoms with Crippen LogP contribution >= 0.6 is 0 Å². The highest BCUT2D eigenvalue weighted by molar-refractivity contribution is 5.98. The summed E-state index contributed by atoms with van der Waals surface area (Å²) in [6, 6.07) is 16.6. The van der Waals surface area contributed by atoms with Crippen LogP contribution in [0, 0.1) is 23.7 Å². The van der Waals surface area contributed by atoms with Gasteiger partial charge in [0.2, 0.25) is 5.91 Å². The van der Waals surface area contributed by atoms with Crippen molar-refractivity contribution in [1.29, 1.82) is 0 Å². The molecule has 2 aromatic rings. The Balaban J connectivity index is 1.14. The standard InChI is InChI=1S/C40H46N4O3/c1-4-23-19-41-15-13-39-28-9-6-7-11-30(28)44-36(39)27(25(23)17-32(39)41)21-47-38(44)34-26-18-33-40(14-16-42(33)20-24(26)5-2)29-10-8-12-31(46)35(29)43(22(3)45)37(34)40/h4-12,25-27,32-34,36-38,46H,13-21H2,1-3H3/b23-4-,24-5-/t25-,26-,27-,32-,33-,34-,36-,37-,38+,39?,40?/m0/s1. The van der Waals surface area contributed by atoms with Gasteiger partial charge in [0.15, 0.2) is 0 Å². The summed E-state index contributed by atoms with van der Waals surface area (Å²) in [6.45, 7) is 11.2. The number of phenolic OH excluding ortho intramolecular Hbond substituents is 1. The molecule has 7 heterocycles. The third-order valence-electron chi connectivity index (χ3n) is 15.3. The van der Waals surface area contributed by atoms with E-state index in [2.05, 4.69) is 75.9 Å². The Hall–Kier alpha value is -3.13. The second-order valence-electron chi connectivity index (χ2n) is 16.3. The Labute approximate surface area is 277 Å². The van der Waals surface area contributed by atoms with E-state index in [0.29, 0.717) is 35.9 Å². The number of phenols is 1. The van der Waals surface area contributed by atoms with Crippen LogP contribution in [0.4, 0.5) is 11.4 Å². The van der Waals surface area contributed by atoms with Gasteiger partial charge in [-0.25, -0.2) is 0 Å². The molecule has 5 saturated heterocycles. The summed E-state index contributed by atoms with van der Waals surface area (Å²) in [5, 5.41) is 11.5. The molecule has 7 fully saturated rings. The Bertz CT molecular complexity index is 1800. The molecule has 2 spiro atoms. The number of fused-ring (bicyclic) bond motifs is 6. The summed E-state index contributed by atoms with van der Waals surface area (Å²) in [7, 11) is 0. The lowest BCUT2D eigenvalue weighted by molar-refractivity contribution is -0.129. The van der Waals surface area contributed by atoms with E-state index >= 15 is 0 Å². The molecule has 1 N–H and O–H groups in total. The molecular formula is C40H46N4O3. The van der Waals surface area contributed by atoms with E-state index in [1.165, 1.54) is 29.7 Å². The van der Waals surface area contributed by atoms with E-state index in [0.717, 1.165) is 51.3 Å². The first kappa shape index (κ1) is 27.8. The largest absolute Gasteiger partial charge is 0.506 e. The smallest absolute Gasteiger partial charge is 0.224 e. The first-order chi connectivity index (χ1) is 22.9. The van der Waals surface area contributed by atoms with Crippen molar-refractivity contribution in [3.63, 3.8) is 0 Å². The van der Waals surface area contributed by atoms with Gasteiger partial charge in [0.1, 0.15) is 12.0 Å². The van der Waals surface area contributed by atoms with Gasteiger partial charge in [0, 0.05) is 66.5 Å². The van der Waals surface area contributed by atoms with Gasteiger partial charge in [-0.1, -0.05) is 53.6 Å². The SMILES string of the molecule is C/C=C1/CN2CCC34c5ccccc5N5[C@@H]([C@@H]6[C@@H]7N(C(C)=O)c8c(O)cccc8C78CCN7C/C(=C/C)[C@@H]6C[C@H]78)OC[C@H]([C@H]53)[C@H]1C[C@H]24. The zero-order valence-corrected chi connectivity index (χ0v) is 27.8. The van der Waals surface area contributed by atoms with Gasteiger partial charge in [-0.15, -0.1) is 0 Å². The summed E-state index contributed by atoms with van der Waals surface area (Å²) in [4.78, 5) is 24.4. The topological polar surface area (TPSA) is 59.5 Å². The Kier molecular flexibility index (Phi) is 5.38. The maximum Gasteiger partial charge on any atom is 0.224 e. The van der Waals surface area contributed by atoms with Crippen molar-refractivity contribution in [2.24, 2.45) is 23.7 Å². The monoisotopic (exact) mass is 630 g/mol. The van der Waals surface area contributed by atoms with Gasteiger partial charge in [0.25, 0.3) is 0 Å². The van der Waals surface area contributed by atoms with Gasteiger partial charge < -0.3 is 19.6 Å². The molecule has 2 saturated carbocycles. The molecular weight excluding hydrogens is 584 g/mol. The number of nitrogens with zero attached hydrogens (tertiary/aromatic N) is 4. The first-order valence-corrected chi connectivity index (χ1v) is 18.3. The number of para-hydroxylation sites is 2. The number of piperidine rings is 2. The van der Waals surface area contributed by atoms with Crippen molar-refractivity contribution in [2.75, 3.05) is 42.6 Å². The predicted molar refractivity (Wildman–Crippen MR) is 182 cm³/mol. The second-order valence-corrected chi connectivity index (χ2v) is 16.3. The van der Waals surface area contributed by atoms with Crippen LogP contribution in [0.2, 0.25) is 0 Å². The number of ether oxygens (including phenoxy) is 1. The van der Waals surface area contributed by atoms with Gasteiger partial charge in [-0.05, 0) is 87.7 Å². The zero-order chi connectivity index (χ0) is 31.6. The van der Waals surface area contributed by atoms with Crippen LogP contribution in [0.25, 0.3) is 0 Å². The zero-order valence-electron chi connectivity index (χ0n) is 27.8. The molecule has 7 nitrogen and oxygen atoms in total. The third-order valence-corrected chi connectivity index (χ3v) is 15.3. The molecule has 7 aliphatic heterocycles. The highest BCUT2D eigenvalue weighted by atomic mass is 16.5. The lowest BCUT2D eigenvalue weighted by atomic mass is 9.53. The first-order valence-electron chi connectivity index (χ1n) is 18.3. The van der Waals surface area contributed by atoms with Gasteiger partial charge in [-0.2, -0.15) is 0 Å². The van der Waals surface area contributed by atoms with E-state index in [1.807, 2.05) is 6.07 Å². The minimum atomic E-state index is -0.220. The molecule has 11 atom stereocenters. The van der Waals surface area contributed by atoms with E-state index in [1.54, 1.807) is 24.1 Å². The van der Waals surface area contributed by atoms with Gasteiger partial charge in [-0.3, -0.25) is 14.6 Å². The van der Waals surface area contributed by atoms with E-state index in [9.17, 15) is 9.90 Å². The molecule has 2 aliphatic carbocycles. The fraction of sp³-hybridized carbons (Fsp3) is 0.575. The normalized spacial score (nSPS) is 45.3. The molecule has 0 radical (unpaired) electrons. The van der Waals surface area contributed by atoms with Crippen molar-refractivity contribution >= 4 is 17.3 Å². The van der Waals surface area contributed by atoms with Crippen LogP contribution in [-0.2, 0) is 20.4 Å². The molecule has 47 heavy (non-hydrogen) atoms. The summed E-state index contributed by atoms with van der Waals surface area (Å²) in [6.07, 6.45) is 9.17. The lowest BCUT2D eigenvalue weighted by Gasteiger charge is -2.63. The van der Waals surface area contributed by atoms with Crippen molar-refractivity contribution in [3.05, 3.63) is 76.9 Å². The Morgan fingerprint density at radius 2 is 1.53 bits per heavy atom. The predicted octanol–water partition coefficient (Wildman–Crippen LogP) is 5.19. The molecule has 4 bridgehead atoms. The molecule has 2 aromatic carbocycles. The molecule has 0 aromatic heterocycles. The maximum absolute atomic E-state index is 14.0. The summed E-state index contributed by atoms with van der Waals surface area (Å²) >= 11 is 0. The molecule has 2 unspecified atom stereocenters. The molecule has 1 amide bonds. The van der Waals surface area contributed by atoms with Crippen molar-refractivity contribution in [1.82, 2.24) is 9.80 Å². The fourth-order valence-corrected chi connectivity index (χ4v) is 14.0. The average Bonchev–Trinajstić information content (AvgIpc) is 3.84. The number of amides is 1. The number of hydrogen-bond donors (Lipinski definition) is 1. The van der Waals surface area contributed by atoms with Crippen molar-refractivity contribution in [3.8, 4) is 5.75 Å². The second kappa shape index (κ2) is 9.10. The summed E-state index contributed by atoms with van der Waals surface area (Å²) < 4.78 is 7.46. The lowest BCUT2D eigenvalue weighted by Crippen LogP contribution is -2.73. The Morgan fingerprint density at radius 1 is 0.872 bits per heavy atom. The van der Waals surface area contributed by atoms with Gasteiger partial charge >= 0.3 is 0 Å². The number of aromatic hydroxyl groups is 1. The maximum atomic E-state index is 14.0. The fourth-order valence-electron chi connectivity index (χ4n) is 14.0. The van der Waals surface area contributed by atoms with Crippen LogP contribution < -0.4 is 9.80 Å². The number of benzene rings is 2. The number of anilines is 2. The van der Waals surface area contributed by atoms with Crippen molar-refractivity contribution < 1.29 is 14.6 Å². The highest BCUT2D eigenvalue weighted by Crippen LogP contribution is 2.69. The third kappa shape index (κ3) is 2.99. The van der Waals surface area contributed by atoms with Crippen molar-refractivity contribution in [2.45, 2.75) is 87.7 Å². The van der Waals surface area contributed by atoms with Gasteiger partial charge in [0.05, 0.1) is 18.3 Å². The quantitative estimate of drug-likeness (QED) is 0.438. The average molecular weight is 631 g/mol. The van der Waals surface area contributed by atoms with Crippen LogP contribution in [0.15, 0.2) is 65.8 Å². The minimum Gasteiger partial charge on any atom is -0.506 e. The van der Waals surface area contributed by atoms with E-state index in [-0.39, 0.29) is 40.7 Å². The number of hydrogen-bond acceptors (Lipinski definition) is 6. The number of allylic oxidation sites excluding steroid dienone is 2. The summed E-state index contributed by atoms with van der Waals surface area (Å²) in [5.74, 6) is 1.68. The Morgan fingerprint density at radius 3 is 2.26 bits per heavy atom. The number of carbonyl (C=O) groups is 1. The van der Waals surface area contributed by atoms with Crippen LogP contribution in [0.5, 0.6) is 5.75 Å². The number of rotatable bonds is 1. The molecule has 9 aliphatic rings. The van der Waals surface area contributed by atoms with Crippen LogP contribution in [0.3, 0.4) is 0 Å². The molecule has 7 heteroatoms. The van der Waals surface area contributed by atoms with E-state index in [4.69, 9.17) is 4.74 Å². The van der Waals surface area contributed by atoms with Crippen LogP contribution in [-0.4, -0.2) is 84.0 Å². The minimum absolute atomic E-state index is 0.0309. The van der Waals surface area contributed by atoms with E-state index < -0.39 is 0 Å². The summed E-state index contributed by atoms with van der Waals surface area (Å²) in [5.41, 5.74) is 7.87. The molecule has 11 rings (SSSR count). The highest BCUT2D eigenvalue weighted by Gasteiger charge is 2.74. The number of carbonyl (C=O) groups excluding carboxylic acids is 1. The van der Waals surface area contributed by atoms with Crippen LogP contribution in [0.1, 0.15) is 57.6 Å².